The van der Waals surface area contributed by atoms with Gasteiger partial charge < -0.3 is 14.8 Å². The summed E-state index contributed by atoms with van der Waals surface area (Å²) in [6.07, 6.45) is 0. The van der Waals surface area contributed by atoms with E-state index in [1.807, 2.05) is 6.07 Å². The van der Waals surface area contributed by atoms with E-state index >= 15 is 0 Å². The van der Waals surface area contributed by atoms with Gasteiger partial charge in [-0.25, -0.2) is 0 Å². The Labute approximate surface area is 149 Å². The van der Waals surface area contributed by atoms with Crippen molar-refractivity contribution < 1.29 is 9.47 Å². The van der Waals surface area contributed by atoms with Crippen molar-refractivity contribution in [2.75, 3.05) is 40.4 Å². The summed E-state index contributed by atoms with van der Waals surface area (Å²) in [7, 11) is 3.34. The second kappa shape index (κ2) is 7.66. The van der Waals surface area contributed by atoms with Crippen LogP contribution in [-0.4, -0.2) is 45.3 Å². The molecule has 1 atom stereocenters. The van der Waals surface area contributed by atoms with Gasteiger partial charge in [-0.2, -0.15) is 11.3 Å². The van der Waals surface area contributed by atoms with E-state index in [1.54, 1.807) is 25.6 Å². The van der Waals surface area contributed by atoms with Gasteiger partial charge in [0.1, 0.15) is 0 Å². The first-order chi connectivity index (χ1) is 11.2. The Morgan fingerprint density at radius 3 is 2.48 bits per heavy atom. The molecule has 2 aromatic rings. The largest absolute Gasteiger partial charge is 0.493 e. The van der Waals surface area contributed by atoms with Gasteiger partial charge in [0.25, 0.3) is 0 Å². The lowest BCUT2D eigenvalue weighted by Crippen LogP contribution is -2.45. The molecule has 4 nitrogen and oxygen atoms in total. The number of rotatable bonds is 5. The molecule has 124 valence electrons. The molecule has 0 amide bonds. The summed E-state index contributed by atoms with van der Waals surface area (Å²) in [4.78, 5) is 2.52. The van der Waals surface area contributed by atoms with Crippen LogP contribution in [0.5, 0.6) is 11.5 Å². The minimum Gasteiger partial charge on any atom is -0.493 e. The van der Waals surface area contributed by atoms with Gasteiger partial charge in [-0.05, 0) is 40.1 Å². The Morgan fingerprint density at radius 2 is 1.87 bits per heavy atom. The first-order valence-corrected chi connectivity index (χ1v) is 9.36. The molecule has 1 N–H and O–H groups in total. The van der Waals surface area contributed by atoms with E-state index in [1.165, 1.54) is 11.1 Å². The third-order valence-corrected chi connectivity index (χ3v) is 5.56. The average Bonchev–Trinajstić information content (AvgIpc) is 3.11. The van der Waals surface area contributed by atoms with Gasteiger partial charge in [0.05, 0.1) is 20.3 Å². The van der Waals surface area contributed by atoms with Crippen LogP contribution in [0.1, 0.15) is 17.2 Å². The smallest absolute Gasteiger partial charge is 0.161 e. The molecule has 23 heavy (non-hydrogen) atoms. The van der Waals surface area contributed by atoms with E-state index < -0.39 is 0 Å². The summed E-state index contributed by atoms with van der Waals surface area (Å²) in [6.45, 7) is 4.10. The first kappa shape index (κ1) is 16.8. The molecule has 1 fully saturated rings. The second-order valence-corrected chi connectivity index (χ2v) is 7.11. The fraction of sp³-hybridized carbons (Fsp3) is 0.412. The molecule has 1 aliphatic rings. The second-order valence-electron chi connectivity index (χ2n) is 5.47. The lowest BCUT2D eigenvalue weighted by molar-refractivity contribution is 0.198. The number of ether oxygens (including phenoxy) is 2. The maximum Gasteiger partial charge on any atom is 0.161 e. The summed E-state index contributed by atoms with van der Waals surface area (Å²) in [6, 6.07) is 6.52. The molecule has 0 saturated carbocycles. The first-order valence-electron chi connectivity index (χ1n) is 7.63. The molecule has 1 aromatic carbocycles. The number of nitrogens with one attached hydrogen (secondary N) is 1. The highest BCUT2D eigenvalue weighted by atomic mass is 79.9. The van der Waals surface area contributed by atoms with Crippen molar-refractivity contribution in [3.63, 3.8) is 0 Å². The molecular weight excluding hydrogens is 376 g/mol. The lowest BCUT2D eigenvalue weighted by Gasteiger charge is -2.35. The molecule has 1 aromatic heterocycles. The maximum atomic E-state index is 5.51. The molecule has 1 unspecified atom stereocenters. The van der Waals surface area contributed by atoms with Gasteiger partial charge in [0.15, 0.2) is 11.5 Å². The van der Waals surface area contributed by atoms with Crippen LogP contribution >= 0.6 is 27.3 Å². The van der Waals surface area contributed by atoms with Crippen molar-refractivity contribution in [2.24, 2.45) is 0 Å². The van der Waals surface area contributed by atoms with Crippen LogP contribution in [0.15, 0.2) is 33.4 Å². The van der Waals surface area contributed by atoms with Crippen LogP contribution in [-0.2, 0) is 0 Å². The van der Waals surface area contributed by atoms with Crippen LogP contribution in [0.3, 0.4) is 0 Å². The number of nitrogens with zero attached hydrogens (tertiary/aromatic N) is 1. The van der Waals surface area contributed by atoms with Crippen LogP contribution in [0.4, 0.5) is 0 Å². The minimum absolute atomic E-state index is 0.220. The van der Waals surface area contributed by atoms with Gasteiger partial charge in [-0.3, -0.25) is 4.90 Å². The van der Waals surface area contributed by atoms with Gasteiger partial charge in [0.2, 0.25) is 0 Å². The fourth-order valence-corrected chi connectivity index (χ4v) is 4.26. The Kier molecular flexibility index (Phi) is 5.58. The molecule has 0 bridgehead atoms. The van der Waals surface area contributed by atoms with Gasteiger partial charge in [-0.1, -0.05) is 15.9 Å². The minimum atomic E-state index is 0.220. The highest BCUT2D eigenvalue weighted by Crippen LogP contribution is 2.40. The molecule has 6 heteroatoms. The molecule has 0 radical (unpaired) electrons. The van der Waals surface area contributed by atoms with Crippen LogP contribution < -0.4 is 14.8 Å². The van der Waals surface area contributed by atoms with Crippen LogP contribution in [0.2, 0.25) is 0 Å². The lowest BCUT2D eigenvalue weighted by atomic mass is 9.98. The van der Waals surface area contributed by atoms with Gasteiger partial charge >= 0.3 is 0 Å². The highest BCUT2D eigenvalue weighted by molar-refractivity contribution is 9.10. The number of piperazine rings is 1. The zero-order valence-electron chi connectivity index (χ0n) is 13.3. The summed E-state index contributed by atoms with van der Waals surface area (Å²) in [5.41, 5.74) is 2.53. The number of hydrogen-bond donors (Lipinski definition) is 1. The monoisotopic (exact) mass is 396 g/mol. The molecular formula is C17H21BrN2O2S. The number of thiophene rings is 1. The van der Waals surface area contributed by atoms with Crippen LogP contribution in [0, 0.1) is 0 Å². The summed E-state index contributed by atoms with van der Waals surface area (Å²) in [5.74, 6) is 1.51. The molecule has 0 aliphatic carbocycles. The zero-order chi connectivity index (χ0) is 16.2. The topological polar surface area (TPSA) is 33.7 Å². The predicted molar refractivity (Wildman–Crippen MR) is 97.9 cm³/mol. The maximum absolute atomic E-state index is 5.51. The number of benzene rings is 1. The standard InChI is InChI=1S/C17H21BrN2O2S/c1-21-15-9-13(14(18)10-16(15)22-2)17(12-3-8-23-11-12)20-6-4-19-5-7-20/h3,8-11,17,19H,4-7H2,1-2H3. The summed E-state index contributed by atoms with van der Waals surface area (Å²) >= 11 is 5.47. The van der Waals surface area contributed by atoms with E-state index in [-0.39, 0.29) is 6.04 Å². The van der Waals surface area contributed by atoms with E-state index in [9.17, 15) is 0 Å². The highest BCUT2D eigenvalue weighted by Gasteiger charge is 2.27. The van der Waals surface area contributed by atoms with E-state index in [2.05, 4.69) is 49.0 Å². The van der Waals surface area contributed by atoms with Crippen molar-refractivity contribution in [3.05, 3.63) is 44.6 Å². The Balaban J connectivity index is 2.05. The van der Waals surface area contributed by atoms with Crippen molar-refractivity contribution >= 4 is 27.3 Å². The Bertz CT molecular complexity index is 642. The summed E-state index contributed by atoms with van der Waals surface area (Å²) in [5, 5.41) is 7.80. The summed E-state index contributed by atoms with van der Waals surface area (Å²) < 4.78 is 12.0. The van der Waals surface area contributed by atoms with Crippen molar-refractivity contribution in [3.8, 4) is 11.5 Å². The Morgan fingerprint density at radius 1 is 1.17 bits per heavy atom. The normalized spacial score (nSPS) is 17.0. The predicted octanol–water partition coefficient (Wildman–Crippen LogP) is 3.52. The number of hydrogen-bond acceptors (Lipinski definition) is 5. The van der Waals surface area contributed by atoms with E-state index in [4.69, 9.17) is 9.47 Å². The molecule has 0 spiro atoms. The van der Waals surface area contributed by atoms with E-state index in [0.717, 1.165) is 42.2 Å². The molecule has 3 rings (SSSR count). The molecule has 1 saturated heterocycles. The van der Waals surface area contributed by atoms with Crippen LogP contribution in [0.25, 0.3) is 0 Å². The SMILES string of the molecule is COc1cc(Br)c(C(c2ccsc2)N2CCNCC2)cc1OC. The Hall–Kier alpha value is -1.08. The fourth-order valence-electron chi connectivity index (χ4n) is 3.04. The third kappa shape index (κ3) is 3.55. The number of methoxy groups -OCH3 is 2. The zero-order valence-corrected chi connectivity index (χ0v) is 15.7. The van der Waals surface area contributed by atoms with Crippen molar-refractivity contribution in [1.82, 2.24) is 10.2 Å². The third-order valence-electron chi connectivity index (χ3n) is 4.17. The quantitative estimate of drug-likeness (QED) is 0.837. The van der Waals surface area contributed by atoms with Gasteiger partial charge in [0, 0.05) is 30.7 Å². The molecule has 2 heterocycles. The van der Waals surface area contributed by atoms with Crippen molar-refractivity contribution in [2.45, 2.75) is 6.04 Å². The van der Waals surface area contributed by atoms with Gasteiger partial charge in [-0.15, -0.1) is 0 Å². The van der Waals surface area contributed by atoms with E-state index in [0.29, 0.717) is 0 Å². The average molecular weight is 397 g/mol. The number of halogens is 1. The molecule has 1 aliphatic heterocycles. The van der Waals surface area contributed by atoms with Crippen molar-refractivity contribution in [1.29, 1.82) is 0 Å².